The number of carbonyl (C=O) groups is 2. The van der Waals surface area contributed by atoms with E-state index in [2.05, 4.69) is 30.4 Å². The Morgan fingerprint density at radius 1 is 1.19 bits per heavy atom. The molecule has 0 spiro atoms. The molecule has 2 rings (SSSR count). The van der Waals surface area contributed by atoms with Crippen LogP contribution in [0.2, 0.25) is 0 Å². The molecule has 0 unspecified atom stereocenters. The number of hydrogen-bond donors (Lipinski definition) is 0. The summed E-state index contributed by atoms with van der Waals surface area (Å²) in [6.45, 7) is 1.86. The van der Waals surface area contributed by atoms with Gasteiger partial charge in [-0.3, -0.25) is 0 Å². The largest absolute Gasteiger partial charge is 0.464 e. The Bertz CT molecular complexity index is 674. The number of aromatic nitrogens is 1. The van der Waals surface area contributed by atoms with Gasteiger partial charge in [0.05, 0.1) is 14.2 Å². The topological polar surface area (TPSA) is 78.6 Å². The predicted molar refractivity (Wildman–Crippen MR) is 77.1 cm³/mol. The van der Waals surface area contributed by atoms with Crippen LogP contribution in [0.3, 0.4) is 0 Å². The highest BCUT2D eigenvalue weighted by Crippen LogP contribution is 2.28. The lowest BCUT2D eigenvalue weighted by molar-refractivity contribution is 0.0527. The van der Waals surface area contributed by atoms with Crippen LogP contribution in [0.5, 0.6) is 0 Å². The van der Waals surface area contributed by atoms with Crippen molar-refractivity contribution < 1.29 is 23.5 Å². The maximum atomic E-state index is 11.7. The average molecular weight is 354 g/mol. The van der Waals surface area contributed by atoms with Gasteiger partial charge in [0.25, 0.3) is 0 Å². The number of oxazole rings is 1. The SMILES string of the molecule is COC(=O)c1nc(-c2ccc(Br)cc2C)oc1C(=O)OC. The lowest BCUT2D eigenvalue weighted by Gasteiger charge is -2.01. The highest BCUT2D eigenvalue weighted by molar-refractivity contribution is 9.10. The first kappa shape index (κ1) is 15.2. The van der Waals surface area contributed by atoms with Crippen molar-refractivity contribution in [1.82, 2.24) is 4.98 Å². The van der Waals surface area contributed by atoms with Crippen molar-refractivity contribution in [2.75, 3.05) is 14.2 Å². The van der Waals surface area contributed by atoms with E-state index < -0.39 is 11.9 Å². The lowest BCUT2D eigenvalue weighted by atomic mass is 10.1. The van der Waals surface area contributed by atoms with Crippen LogP contribution >= 0.6 is 15.9 Å². The highest BCUT2D eigenvalue weighted by Gasteiger charge is 2.27. The number of esters is 2. The third kappa shape index (κ3) is 2.97. The first-order valence-corrected chi connectivity index (χ1v) is 6.71. The summed E-state index contributed by atoms with van der Waals surface area (Å²) < 4.78 is 15.5. The zero-order valence-electron chi connectivity index (χ0n) is 11.6. The molecule has 0 aliphatic carbocycles. The van der Waals surface area contributed by atoms with Crippen molar-refractivity contribution in [1.29, 1.82) is 0 Å². The summed E-state index contributed by atoms with van der Waals surface area (Å²) in [6, 6.07) is 5.45. The van der Waals surface area contributed by atoms with Gasteiger partial charge >= 0.3 is 11.9 Å². The molecule has 6 nitrogen and oxygen atoms in total. The van der Waals surface area contributed by atoms with Gasteiger partial charge in [-0.05, 0) is 30.7 Å². The summed E-state index contributed by atoms with van der Waals surface area (Å²) in [5.41, 5.74) is 1.33. The minimum atomic E-state index is -0.788. The second-order valence-corrected chi connectivity index (χ2v) is 5.05. The predicted octanol–water partition coefficient (Wildman–Crippen LogP) is 2.99. The number of hydrogen-bond acceptors (Lipinski definition) is 6. The van der Waals surface area contributed by atoms with E-state index in [1.165, 1.54) is 14.2 Å². The fourth-order valence-electron chi connectivity index (χ4n) is 1.77. The Labute approximate surface area is 129 Å². The maximum Gasteiger partial charge on any atom is 0.376 e. The summed E-state index contributed by atoms with van der Waals surface area (Å²) in [5.74, 6) is -1.67. The molecule has 0 radical (unpaired) electrons. The van der Waals surface area contributed by atoms with Crippen molar-refractivity contribution in [2.45, 2.75) is 6.92 Å². The Morgan fingerprint density at radius 2 is 1.86 bits per heavy atom. The molecule has 1 aromatic carbocycles. The summed E-state index contributed by atoms with van der Waals surface area (Å²) >= 11 is 3.36. The molecule has 0 N–H and O–H groups in total. The van der Waals surface area contributed by atoms with Gasteiger partial charge in [-0.2, -0.15) is 0 Å². The fraction of sp³-hybridized carbons (Fsp3) is 0.214. The second-order valence-electron chi connectivity index (χ2n) is 4.14. The van der Waals surface area contributed by atoms with Crippen LogP contribution in [-0.2, 0) is 9.47 Å². The monoisotopic (exact) mass is 353 g/mol. The van der Waals surface area contributed by atoms with Gasteiger partial charge < -0.3 is 13.9 Å². The number of aryl methyl sites for hydroxylation is 1. The van der Waals surface area contributed by atoms with E-state index in [0.717, 1.165) is 10.0 Å². The third-order valence-corrected chi connectivity index (χ3v) is 3.29. The van der Waals surface area contributed by atoms with Crippen molar-refractivity contribution in [3.8, 4) is 11.5 Å². The van der Waals surface area contributed by atoms with E-state index >= 15 is 0 Å². The number of methoxy groups -OCH3 is 2. The van der Waals surface area contributed by atoms with E-state index in [4.69, 9.17) is 4.42 Å². The van der Waals surface area contributed by atoms with E-state index in [1.807, 2.05) is 19.1 Å². The molecule has 1 heterocycles. The zero-order valence-corrected chi connectivity index (χ0v) is 13.2. The fourth-order valence-corrected chi connectivity index (χ4v) is 2.24. The molecular formula is C14H12BrNO5. The van der Waals surface area contributed by atoms with Gasteiger partial charge in [0, 0.05) is 10.0 Å². The Kier molecular flexibility index (Phi) is 4.42. The smallest absolute Gasteiger partial charge is 0.376 e. The van der Waals surface area contributed by atoms with Gasteiger partial charge in [0.2, 0.25) is 17.3 Å². The second kappa shape index (κ2) is 6.09. The molecule has 110 valence electrons. The van der Waals surface area contributed by atoms with E-state index in [-0.39, 0.29) is 17.3 Å². The van der Waals surface area contributed by atoms with Gasteiger partial charge in [-0.25, -0.2) is 14.6 Å². The number of carbonyl (C=O) groups excluding carboxylic acids is 2. The molecule has 0 aliphatic heterocycles. The van der Waals surface area contributed by atoms with Crippen molar-refractivity contribution in [2.24, 2.45) is 0 Å². The lowest BCUT2D eigenvalue weighted by Crippen LogP contribution is -2.10. The normalized spacial score (nSPS) is 10.3. The number of benzene rings is 1. The van der Waals surface area contributed by atoms with Crippen LogP contribution in [0.25, 0.3) is 11.5 Å². The van der Waals surface area contributed by atoms with Gasteiger partial charge in [-0.1, -0.05) is 15.9 Å². The average Bonchev–Trinajstić information content (AvgIpc) is 2.90. The molecular weight excluding hydrogens is 342 g/mol. The van der Waals surface area contributed by atoms with E-state index in [0.29, 0.717) is 5.56 Å². The van der Waals surface area contributed by atoms with Crippen LogP contribution in [0, 0.1) is 6.92 Å². The molecule has 7 heteroatoms. The van der Waals surface area contributed by atoms with Crippen LogP contribution in [0.15, 0.2) is 27.1 Å². The minimum absolute atomic E-state index is 0.154. The standard InChI is InChI=1S/C14H12BrNO5/c1-7-6-8(15)4-5-9(7)12-16-10(13(17)19-2)11(21-12)14(18)20-3/h4-6H,1-3H3. The van der Waals surface area contributed by atoms with Crippen LogP contribution in [-0.4, -0.2) is 31.1 Å². The minimum Gasteiger partial charge on any atom is -0.464 e. The summed E-state index contributed by atoms with van der Waals surface area (Å²) in [6.07, 6.45) is 0. The van der Waals surface area contributed by atoms with Gasteiger partial charge in [0.15, 0.2) is 0 Å². The van der Waals surface area contributed by atoms with Crippen LogP contribution in [0.1, 0.15) is 26.6 Å². The first-order chi connectivity index (χ1) is 9.97. The summed E-state index contributed by atoms with van der Waals surface area (Å²) in [7, 11) is 2.39. The van der Waals surface area contributed by atoms with Gasteiger partial charge in [-0.15, -0.1) is 0 Å². The molecule has 0 saturated carbocycles. The van der Waals surface area contributed by atoms with Crippen LogP contribution in [0.4, 0.5) is 0 Å². The quantitative estimate of drug-likeness (QED) is 0.789. The molecule has 0 bridgehead atoms. The molecule has 2 aromatic rings. The first-order valence-electron chi connectivity index (χ1n) is 5.92. The maximum absolute atomic E-state index is 11.7. The third-order valence-electron chi connectivity index (χ3n) is 2.80. The number of halogens is 1. The molecule has 0 atom stereocenters. The van der Waals surface area contributed by atoms with Crippen molar-refractivity contribution in [3.63, 3.8) is 0 Å². The molecule has 0 aliphatic rings. The van der Waals surface area contributed by atoms with Crippen molar-refractivity contribution in [3.05, 3.63) is 39.7 Å². The van der Waals surface area contributed by atoms with E-state index in [9.17, 15) is 9.59 Å². The zero-order chi connectivity index (χ0) is 15.6. The molecule has 0 fully saturated rings. The number of ether oxygens (including phenoxy) is 2. The molecule has 1 aromatic heterocycles. The Hall–Kier alpha value is -2.15. The Morgan fingerprint density at radius 3 is 2.43 bits per heavy atom. The molecule has 21 heavy (non-hydrogen) atoms. The Balaban J connectivity index is 2.58. The van der Waals surface area contributed by atoms with Gasteiger partial charge in [0.1, 0.15) is 0 Å². The molecule has 0 amide bonds. The number of nitrogens with zero attached hydrogens (tertiary/aromatic N) is 1. The molecule has 0 saturated heterocycles. The van der Waals surface area contributed by atoms with Crippen LogP contribution < -0.4 is 0 Å². The summed E-state index contributed by atoms with van der Waals surface area (Å²) in [5, 5.41) is 0. The number of rotatable bonds is 3. The van der Waals surface area contributed by atoms with E-state index in [1.54, 1.807) is 6.07 Å². The summed E-state index contributed by atoms with van der Waals surface area (Å²) in [4.78, 5) is 27.4. The van der Waals surface area contributed by atoms with Crippen molar-refractivity contribution >= 4 is 27.9 Å². The highest BCUT2D eigenvalue weighted by atomic mass is 79.9.